The molecule has 0 radical (unpaired) electrons. The van der Waals surface area contributed by atoms with Crippen molar-refractivity contribution < 1.29 is 9.94 Å². The van der Waals surface area contributed by atoms with Gasteiger partial charge in [0.1, 0.15) is 17.5 Å². The van der Waals surface area contributed by atoms with E-state index < -0.39 is 0 Å². The zero-order chi connectivity index (χ0) is 10.8. The second-order valence-corrected chi connectivity index (χ2v) is 2.77. The molecule has 2 rings (SSSR count). The molecule has 0 amide bonds. The third-order valence-electron chi connectivity index (χ3n) is 1.98. The maximum Gasteiger partial charge on any atom is 0.241 e. The number of rotatable bonds is 2. The Kier molecular flexibility index (Phi) is 2.13. The molecule has 7 nitrogen and oxygen atoms in total. The highest BCUT2D eigenvalue weighted by Gasteiger charge is 2.10. The van der Waals surface area contributed by atoms with Crippen LogP contribution in [0, 0.1) is 0 Å². The molecule has 0 aliphatic carbocycles. The minimum Gasteiger partial charge on any atom is -0.479 e. The highest BCUT2D eigenvalue weighted by atomic mass is 16.5. The summed E-state index contributed by atoms with van der Waals surface area (Å²) in [5, 5.41) is 15.4. The molecule has 0 atom stereocenters. The highest BCUT2D eigenvalue weighted by molar-refractivity contribution is 5.96. The summed E-state index contributed by atoms with van der Waals surface area (Å²) in [6.45, 7) is 0. The van der Waals surface area contributed by atoms with E-state index >= 15 is 0 Å². The van der Waals surface area contributed by atoms with Crippen molar-refractivity contribution >= 4 is 11.4 Å². The number of nitrogens with zero attached hydrogens (tertiary/aromatic N) is 4. The third-order valence-corrected chi connectivity index (χ3v) is 1.98. The molecule has 0 aromatic carbocycles. The average Bonchev–Trinajstić information content (AvgIpc) is 2.71. The first kappa shape index (κ1) is 9.25. The van der Waals surface area contributed by atoms with Crippen molar-refractivity contribution in [3.63, 3.8) is 0 Å². The maximum absolute atomic E-state index is 8.57. The number of oxime groups is 1. The van der Waals surface area contributed by atoms with Crippen LogP contribution in [0.5, 0.6) is 5.88 Å². The van der Waals surface area contributed by atoms with E-state index in [9.17, 15) is 0 Å². The smallest absolute Gasteiger partial charge is 0.241 e. The van der Waals surface area contributed by atoms with Crippen LogP contribution >= 0.6 is 0 Å². The normalized spacial score (nSPS) is 11.9. The van der Waals surface area contributed by atoms with E-state index in [1.807, 2.05) is 0 Å². The van der Waals surface area contributed by atoms with Gasteiger partial charge in [-0.25, -0.2) is 4.52 Å². The van der Waals surface area contributed by atoms with Gasteiger partial charge in [-0.2, -0.15) is 10.1 Å². The Balaban J connectivity index is 2.71. The summed E-state index contributed by atoms with van der Waals surface area (Å²) in [7, 11) is 1.51. The van der Waals surface area contributed by atoms with Crippen LogP contribution in [0.25, 0.3) is 5.52 Å². The predicted octanol–water partition coefficient (Wildman–Crippen LogP) is -0.168. The largest absolute Gasteiger partial charge is 0.479 e. The zero-order valence-corrected chi connectivity index (χ0v) is 7.95. The van der Waals surface area contributed by atoms with Crippen molar-refractivity contribution in [1.29, 1.82) is 0 Å². The van der Waals surface area contributed by atoms with Crippen LogP contribution in [0.15, 0.2) is 23.6 Å². The third kappa shape index (κ3) is 1.33. The van der Waals surface area contributed by atoms with Gasteiger partial charge in [-0.15, -0.1) is 0 Å². The Morgan fingerprint density at radius 1 is 1.60 bits per heavy atom. The molecule has 0 saturated heterocycles. The summed E-state index contributed by atoms with van der Waals surface area (Å²) in [6.07, 6.45) is 1.33. The lowest BCUT2D eigenvalue weighted by atomic mass is 10.4. The van der Waals surface area contributed by atoms with Crippen LogP contribution in [0.2, 0.25) is 0 Å². The van der Waals surface area contributed by atoms with Gasteiger partial charge in [-0.1, -0.05) is 5.16 Å². The lowest BCUT2D eigenvalue weighted by Crippen LogP contribution is -2.16. The number of ether oxygens (including phenoxy) is 1. The highest BCUT2D eigenvalue weighted by Crippen LogP contribution is 2.17. The molecule has 3 N–H and O–H groups in total. The topological polar surface area (TPSA) is 98.0 Å². The summed E-state index contributed by atoms with van der Waals surface area (Å²) < 4.78 is 6.53. The average molecular weight is 207 g/mol. The first-order valence-corrected chi connectivity index (χ1v) is 4.12. The van der Waals surface area contributed by atoms with Crippen molar-refractivity contribution in [3.8, 4) is 5.88 Å². The van der Waals surface area contributed by atoms with Gasteiger partial charge in [0, 0.05) is 0 Å². The number of hydrogen-bond acceptors (Lipinski definition) is 5. The molecule has 0 aliphatic heterocycles. The SMILES string of the molecule is COc1ncnn2c(/C(N)=N\O)ccc12. The van der Waals surface area contributed by atoms with Crippen molar-refractivity contribution in [2.75, 3.05) is 7.11 Å². The Labute approximate surface area is 84.8 Å². The van der Waals surface area contributed by atoms with Crippen LogP contribution in [0.3, 0.4) is 0 Å². The van der Waals surface area contributed by atoms with Gasteiger partial charge >= 0.3 is 0 Å². The van der Waals surface area contributed by atoms with Gasteiger partial charge in [-0.3, -0.25) is 0 Å². The summed E-state index contributed by atoms with van der Waals surface area (Å²) in [6, 6.07) is 3.40. The van der Waals surface area contributed by atoms with Crippen LogP contribution in [-0.2, 0) is 0 Å². The Hall–Kier alpha value is -2.31. The van der Waals surface area contributed by atoms with Crippen LogP contribution in [0.4, 0.5) is 0 Å². The molecule has 0 aliphatic rings. The number of hydrogen-bond donors (Lipinski definition) is 2. The Morgan fingerprint density at radius 3 is 3.07 bits per heavy atom. The molecule has 7 heteroatoms. The first-order chi connectivity index (χ1) is 7.27. The first-order valence-electron chi connectivity index (χ1n) is 4.12. The fourth-order valence-electron chi connectivity index (χ4n) is 1.31. The van der Waals surface area contributed by atoms with E-state index in [4.69, 9.17) is 15.7 Å². The molecule has 0 unspecified atom stereocenters. The molecular weight excluding hydrogens is 198 g/mol. The van der Waals surface area contributed by atoms with Crippen molar-refractivity contribution in [2.45, 2.75) is 0 Å². The predicted molar refractivity (Wildman–Crippen MR) is 52.0 cm³/mol. The van der Waals surface area contributed by atoms with E-state index in [1.165, 1.54) is 18.0 Å². The summed E-state index contributed by atoms with van der Waals surface area (Å²) in [5.74, 6) is 0.415. The van der Waals surface area contributed by atoms with Crippen molar-refractivity contribution in [1.82, 2.24) is 14.6 Å². The quantitative estimate of drug-likeness (QED) is 0.308. The second-order valence-electron chi connectivity index (χ2n) is 2.77. The number of aromatic nitrogens is 3. The Bertz CT molecular complexity index is 519. The van der Waals surface area contributed by atoms with Crippen molar-refractivity contribution in [2.24, 2.45) is 10.9 Å². The molecule has 2 aromatic rings. The summed E-state index contributed by atoms with van der Waals surface area (Å²) in [5.41, 5.74) is 6.61. The van der Waals surface area contributed by atoms with E-state index in [2.05, 4.69) is 15.2 Å². The maximum atomic E-state index is 8.57. The van der Waals surface area contributed by atoms with Crippen LogP contribution < -0.4 is 10.5 Å². The fourth-order valence-corrected chi connectivity index (χ4v) is 1.31. The monoisotopic (exact) mass is 207 g/mol. The second kappa shape index (κ2) is 3.45. The minimum absolute atomic E-state index is 0.0178. The minimum atomic E-state index is -0.0178. The molecule has 2 heterocycles. The molecule has 0 saturated carbocycles. The van der Waals surface area contributed by atoms with Gasteiger partial charge in [-0.05, 0) is 12.1 Å². The lowest BCUT2D eigenvalue weighted by Gasteiger charge is -2.02. The number of nitrogens with two attached hydrogens (primary N) is 1. The summed E-state index contributed by atoms with van der Waals surface area (Å²) in [4.78, 5) is 3.93. The van der Waals surface area contributed by atoms with Crippen LogP contribution in [-0.4, -0.2) is 32.8 Å². The number of amidine groups is 1. The van der Waals surface area contributed by atoms with Gasteiger partial charge in [0.2, 0.25) is 5.88 Å². The molecule has 0 spiro atoms. The van der Waals surface area contributed by atoms with Gasteiger partial charge in [0.05, 0.1) is 7.11 Å². The van der Waals surface area contributed by atoms with E-state index in [1.54, 1.807) is 12.1 Å². The Morgan fingerprint density at radius 2 is 2.40 bits per heavy atom. The summed E-state index contributed by atoms with van der Waals surface area (Å²) >= 11 is 0. The fraction of sp³-hybridized carbons (Fsp3) is 0.125. The van der Waals surface area contributed by atoms with E-state index in [0.717, 1.165) is 0 Å². The molecule has 78 valence electrons. The zero-order valence-electron chi connectivity index (χ0n) is 7.95. The molecular formula is C8H9N5O2. The molecule has 15 heavy (non-hydrogen) atoms. The lowest BCUT2D eigenvalue weighted by molar-refractivity contribution is 0.318. The molecule has 0 fully saturated rings. The van der Waals surface area contributed by atoms with Crippen LogP contribution in [0.1, 0.15) is 5.69 Å². The standard InChI is InChI=1S/C8H9N5O2/c1-15-8-6-3-2-5(7(9)12-14)13(6)11-4-10-8/h2-4,14H,1H3,(H2,9,12). The van der Waals surface area contributed by atoms with E-state index in [0.29, 0.717) is 17.1 Å². The number of fused-ring (bicyclic) bond motifs is 1. The molecule has 2 aromatic heterocycles. The van der Waals surface area contributed by atoms with Gasteiger partial charge in [0.15, 0.2) is 5.84 Å². The van der Waals surface area contributed by atoms with Gasteiger partial charge < -0.3 is 15.7 Å². The van der Waals surface area contributed by atoms with E-state index in [-0.39, 0.29) is 5.84 Å². The van der Waals surface area contributed by atoms with Crippen molar-refractivity contribution in [3.05, 3.63) is 24.2 Å². The molecule has 0 bridgehead atoms. The van der Waals surface area contributed by atoms with Gasteiger partial charge in [0.25, 0.3) is 0 Å². The number of methoxy groups -OCH3 is 1.